The first-order valence-corrected chi connectivity index (χ1v) is 5.53. The van der Waals surface area contributed by atoms with E-state index >= 15 is 0 Å². The number of halogens is 3. The molecule has 17 heavy (non-hydrogen) atoms. The molecule has 0 unspecified atom stereocenters. The van der Waals surface area contributed by atoms with E-state index < -0.39 is 5.97 Å². The minimum Gasteiger partial charge on any atom is -0.461 e. The number of ether oxygens (including phenoxy) is 1. The maximum atomic E-state index is 11.6. The number of benzene rings is 1. The molecule has 0 spiro atoms. The summed E-state index contributed by atoms with van der Waals surface area (Å²) in [6.45, 7) is 1.02. The first kappa shape index (κ1) is 16.5. The fraction of sp³-hybridized carbons (Fsp3) is 0.364. The molecule has 0 aliphatic carbocycles. The topological polar surface area (TPSA) is 29.5 Å². The van der Waals surface area contributed by atoms with Crippen LogP contribution in [-0.4, -0.2) is 38.1 Å². The van der Waals surface area contributed by atoms with Crippen molar-refractivity contribution >= 4 is 41.6 Å². The Balaban J connectivity index is 0.00000256. The Morgan fingerprint density at radius 2 is 2.00 bits per heavy atom. The van der Waals surface area contributed by atoms with Gasteiger partial charge in [-0.3, -0.25) is 0 Å². The third kappa shape index (κ3) is 5.59. The summed E-state index contributed by atoms with van der Waals surface area (Å²) < 4.78 is 5.05. The summed E-state index contributed by atoms with van der Waals surface area (Å²) in [4.78, 5) is 13.5. The van der Waals surface area contributed by atoms with Crippen molar-refractivity contribution < 1.29 is 9.53 Å². The van der Waals surface area contributed by atoms with Gasteiger partial charge in [-0.1, -0.05) is 23.2 Å². The molecule has 0 saturated carbocycles. The van der Waals surface area contributed by atoms with Gasteiger partial charge in [-0.05, 0) is 32.3 Å². The molecule has 0 atom stereocenters. The van der Waals surface area contributed by atoms with Gasteiger partial charge in [0.05, 0.1) is 10.6 Å². The van der Waals surface area contributed by atoms with Gasteiger partial charge in [-0.2, -0.15) is 0 Å². The van der Waals surface area contributed by atoms with E-state index in [0.29, 0.717) is 28.8 Å². The van der Waals surface area contributed by atoms with Crippen LogP contribution >= 0.6 is 35.6 Å². The van der Waals surface area contributed by atoms with Gasteiger partial charge in [0.2, 0.25) is 0 Å². The summed E-state index contributed by atoms with van der Waals surface area (Å²) >= 11 is 11.6. The zero-order chi connectivity index (χ0) is 12.1. The number of hydrogen-bond donors (Lipinski definition) is 0. The first-order chi connectivity index (χ1) is 7.50. The predicted molar refractivity (Wildman–Crippen MR) is 72.5 cm³/mol. The standard InChI is InChI=1S/C11H13Cl2NO2.ClH/c1-14(2)5-6-16-11(15)9-4-3-8(12)7-10(9)13;/h3-4,7H,5-6H2,1-2H3;1H. The fourth-order valence-electron chi connectivity index (χ4n) is 1.05. The molecule has 6 heteroatoms. The second-order valence-electron chi connectivity index (χ2n) is 3.56. The molecule has 0 amide bonds. The highest BCUT2D eigenvalue weighted by molar-refractivity contribution is 6.36. The summed E-state index contributed by atoms with van der Waals surface area (Å²) in [7, 11) is 3.81. The van der Waals surface area contributed by atoms with Gasteiger partial charge in [0, 0.05) is 11.6 Å². The number of likely N-dealkylation sites (N-methyl/N-ethyl adjacent to an activating group) is 1. The minimum absolute atomic E-state index is 0. The molecule has 0 saturated heterocycles. The zero-order valence-corrected chi connectivity index (χ0v) is 11.9. The van der Waals surface area contributed by atoms with Crippen LogP contribution in [0, 0.1) is 0 Å². The van der Waals surface area contributed by atoms with Crippen LogP contribution in [0.2, 0.25) is 10.0 Å². The van der Waals surface area contributed by atoms with Crippen LogP contribution in [0.1, 0.15) is 10.4 Å². The Kier molecular flexibility index (Phi) is 7.55. The molecule has 0 heterocycles. The van der Waals surface area contributed by atoms with Gasteiger partial charge < -0.3 is 9.64 Å². The van der Waals surface area contributed by atoms with E-state index in [0.717, 1.165) is 0 Å². The van der Waals surface area contributed by atoms with E-state index in [1.54, 1.807) is 12.1 Å². The Bertz CT molecular complexity index is 383. The fourth-order valence-corrected chi connectivity index (χ4v) is 1.54. The highest BCUT2D eigenvalue weighted by Gasteiger charge is 2.11. The van der Waals surface area contributed by atoms with Crippen LogP contribution in [0.3, 0.4) is 0 Å². The van der Waals surface area contributed by atoms with E-state index in [-0.39, 0.29) is 12.4 Å². The molecule has 0 radical (unpaired) electrons. The van der Waals surface area contributed by atoms with Crippen LogP contribution in [0.4, 0.5) is 0 Å². The third-order valence-corrected chi connectivity index (χ3v) is 2.47. The Labute approximate surface area is 117 Å². The zero-order valence-electron chi connectivity index (χ0n) is 9.57. The van der Waals surface area contributed by atoms with Gasteiger partial charge in [0.15, 0.2) is 0 Å². The number of carbonyl (C=O) groups is 1. The predicted octanol–water partition coefficient (Wildman–Crippen LogP) is 3.13. The van der Waals surface area contributed by atoms with Crippen molar-refractivity contribution in [3.05, 3.63) is 33.8 Å². The molecule has 0 aromatic heterocycles. The number of carbonyl (C=O) groups excluding carboxylic acids is 1. The molecule has 0 aliphatic heterocycles. The third-order valence-electron chi connectivity index (χ3n) is 1.92. The van der Waals surface area contributed by atoms with Crippen LogP contribution in [0.25, 0.3) is 0 Å². The molecule has 0 N–H and O–H groups in total. The molecule has 0 bridgehead atoms. The highest BCUT2D eigenvalue weighted by Crippen LogP contribution is 2.21. The molecule has 1 aromatic carbocycles. The average Bonchev–Trinajstić information content (AvgIpc) is 2.16. The second kappa shape index (κ2) is 7.77. The Hall–Kier alpha value is -0.480. The number of rotatable bonds is 4. The molecular weight excluding hydrogens is 284 g/mol. The lowest BCUT2D eigenvalue weighted by Crippen LogP contribution is -2.20. The quantitative estimate of drug-likeness (QED) is 0.800. The molecule has 0 aliphatic rings. The van der Waals surface area contributed by atoms with Crippen molar-refractivity contribution in [2.45, 2.75) is 0 Å². The Morgan fingerprint density at radius 3 is 2.53 bits per heavy atom. The number of esters is 1. The van der Waals surface area contributed by atoms with Gasteiger partial charge in [-0.15, -0.1) is 12.4 Å². The lowest BCUT2D eigenvalue weighted by Gasteiger charge is -2.10. The normalized spacial score (nSPS) is 9.94. The van der Waals surface area contributed by atoms with Crippen LogP contribution in [0.15, 0.2) is 18.2 Å². The minimum atomic E-state index is -0.427. The summed E-state index contributed by atoms with van der Waals surface area (Å²) in [5, 5.41) is 0.803. The van der Waals surface area contributed by atoms with E-state index in [1.807, 2.05) is 19.0 Å². The SMILES string of the molecule is CN(C)CCOC(=O)c1ccc(Cl)cc1Cl.Cl. The van der Waals surface area contributed by atoms with Crippen molar-refractivity contribution in [1.29, 1.82) is 0 Å². The van der Waals surface area contributed by atoms with Crippen molar-refractivity contribution in [3.8, 4) is 0 Å². The van der Waals surface area contributed by atoms with Crippen LogP contribution in [0.5, 0.6) is 0 Å². The molecule has 1 aromatic rings. The second-order valence-corrected chi connectivity index (χ2v) is 4.41. The maximum absolute atomic E-state index is 11.6. The van der Waals surface area contributed by atoms with Crippen LogP contribution in [-0.2, 0) is 4.74 Å². The lowest BCUT2D eigenvalue weighted by molar-refractivity contribution is 0.0482. The van der Waals surface area contributed by atoms with E-state index in [4.69, 9.17) is 27.9 Å². The first-order valence-electron chi connectivity index (χ1n) is 4.77. The molecule has 0 fully saturated rings. The van der Waals surface area contributed by atoms with Gasteiger partial charge in [0.25, 0.3) is 0 Å². The van der Waals surface area contributed by atoms with E-state index in [2.05, 4.69) is 0 Å². The molecule has 96 valence electrons. The summed E-state index contributed by atoms with van der Waals surface area (Å²) in [5.41, 5.74) is 0.338. The summed E-state index contributed by atoms with van der Waals surface area (Å²) in [5.74, 6) is -0.427. The highest BCUT2D eigenvalue weighted by atomic mass is 35.5. The largest absolute Gasteiger partial charge is 0.461 e. The van der Waals surface area contributed by atoms with Gasteiger partial charge >= 0.3 is 5.97 Å². The average molecular weight is 299 g/mol. The van der Waals surface area contributed by atoms with Gasteiger partial charge in [-0.25, -0.2) is 4.79 Å². The van der Waals surface area contributed by atoms with Crippen molar-refractivity contribution in [2.75, 3.05) is 27.2 Å². The Morgan fingerprint density at radius 1 is 1.35 bits per heavy atom. The van der Waals surface area contributed by atoms with Crippen LogP contribution < -0.4 is 0 Å². The van der Waals surface area contributed by atoms with E-state index in [1.165, 1.54) is 6.07 Å². The van der Waals surface area contributed by atoms with Crippen molar-refractivity contribution in [3.63, 3.8) is 0 Å². The molecular formula is C11H14Cl3NO2. The van der Waals surface area contributed by atoms with Crippen molar-refractivity contribution in [1.82, 2.24) is 4.90 Å². The van der Waals surface area contributed by atoms with Crippen molar-refractivity contribution in [2.24, 2.45) is 0 Å². The summed E-state index contributed by atoms with van der Waals surface area (Å²) in [6, 6.07) is 4.68. The number of nitrogens with zero attached hydrogens (tertiary/aromatic N) is 1. The maximum Gasteiger partial charge on any atom is 0.339 e. The molecule has 3 nitrogen and oxygen atoms in total. The van der Waals surface area contributed by atoms with E-state index in [9.17, 15) is 4.79 Å². The smallest absolute Gasteiger partial charge is 0.339 e. The summed E-state index contributed by atoms with van der Waals surface area (Å²) in [6.07, 6.45) is 0. The van der Waals surface area contributed by atoms with Gasteiger partial charge in [0.1, 0.15) is 6.61 Å². The lowest BCUT2D eigenvalue weighted by atomic mass is 10.2. The monoisotopic (exact) mass is 297 g/mol. The molecule has 1 rings (SSSR count). The number of hydrogen-bond acceptors (Lipinski definition) is 3.